The number of rotatable bonds is 8. The third kappa shape index (κ3) is 6.48. The van der Waals surface area contributed by atoms with E-state index in [4.69, 9.17) is 16.3 Å². The number of hydrogen-bond acceptors (Lipinski definition) is 4. The highest BCUT2D eigenvalue weighted by atomic mass is 35.5. The Balaban J connectivity index is 1.20. The van der Waals surface area contributed by atoms with Crippen molar-refractivity contribution in [3.63, 3.8) is 0 Å². The van der Waals surface area contributed by atoms with Gasteiger partial charge in [-0.15, -0.1) is 0 Å². The Labute approximate surface area is 202 Å². The van der Waals surface area contributed by atoms with Gasteiger partial charge in [0.05, 0.1) is 17.7 Å². The molecule has 2 aromatic rings. The van der Waals surface area contributed by atoms with Crippen LogP contribution in [0.4, 0.5) is 5.82 Å². The zero-order valence-corrected chi connectivity index (χ0v) is 20.7. The number of benzene rings is 1. The largest absolute Gasteiger partial charge is 0.379 e. The Kier molecular flexibility index (Phi) is 8.26. The fourth-order valence-corrected chi connectivity index (χ4v) is 5.34. The first-order valence-electron chi connectivity index (χ1n) is 12.3. The van der Waals surface area contributed by atoms with Crippen molar-refractivity contribution in [1.29, 1.82) is 0 Å². The first-order valence-corrected chi connectivity index (χ1v) is 12.7. The van der Waals surface area contributed by atoms with Crippen molar-refractivity contribution in [3.05, 3.63) is 57.7 Å². The molecule has 1 amide bonds. The minimum Gasteiger partial charge on any atom is -0.379 e. The third-order valence-electron chi connectivity index (χ3n) is 7.06. The van der Waals surface area contributed by atoms with Crippen molar-refractivity contribution in [1.82, 2.24) is 10.3 Å². The lowest BCUT2D eigenvalue weighted by atomic mass is 9.90. The van der Waals surface area contributed by atoms with E-state index in [1.165, 1.54) is 37.7 Å². The van der Waals surface area contributed by atoms with E-state index in [-0.39, 0.29) is 11.9 Å². The molecule has 5 nitrogen and oxygen atoms in total. The van der Waals surface area contributed by atoms with Gasteiger partial charge in [-0.1, -0.05) is 36.6 Å². The molecule has 6 heteroatoms. The van der Waals surface area contributed by atoms with Crippen molar-refractivity contribution in [2.75, 3.05) is 31.2 Å². The molecule has 2 saturated heterocycles. The predicted molar refractivity (Wildman–Crippen MR) is 134 cm³/mol. The van der Waals surface area contributed by atoms with Crippen LogP contribution in [0, 0.1) is 19.8 Å². The molecule has 0 unspecified atom stereocenters. The number of carbonyl (C=O) groups excluding carboxylic acids is 1. The molecular weight excluding hydrogens is 434 g/mol. The first kappa shape index (κ1) is 24.0. The number of nitrogens with one attached hydrogen (secondary N) is 1. The smallest absolute Gasteiger partial charge is 0.252 e. The van der Waals surface area contributed by atoms with Crippen LogP contribution >= 0.6 is 11.6 Å². The number of carbonyl (C=O) groups is 1. The minimum atomic E-state index is 0.0344. The molecule has 1 aromatic heterocycles. The number of halogens is 1. The lowest BCUT2D eigenvalue weighted by Gasteiger charge is -2.32. The Morgan fingerprint density at radius 3 is 2.55 bits per heavy atom. The molecule has 0 radical (unpaired) electrons. The molecule has 0 saturated carbocycles. The number of ether oxygens (including phenoxy) is 1. The van der Waals surface area contributed by atoms with E-state index in [0.29, 0.717) is 11.6 Å². The topological polar surface area (TPSA) is 54.5 Å². The summed E-state index contributed by atoms with van der Waals surface area (Å²) in [6, 6.07) is 8.48. The average molecular weight is 470 g/mol. The summed E-state index contributed by atoms with van der Waals surface area (Å²) in [7, 11) is 0. The molecule has 1 N–H and O–H groups in total. The zero-order chi connectivity index (χ0) is 23.2. The van der Waals surface area contributed by atoms with Crippen molar-refractivity contribution in [2.45, 2.75) is 64.8 Å². The summed E-state index contributed by atoms with van der Waals surface area (Å²) in [5.74, 6) is 1.88. The fraction of sp³-hybridized carbons (Fsp3) is 0.556. The van der Waals surface area contributed by atoms with E-state index in [9.17, 15) is 4.79 Å². The minimum absolute atomic E-state index is 0.0344. The van der Waals surface area contributed by atoms with Crippen LogP contribution in [0.3, 0.4) is 0 Å². The predicted octanol–water partition coefficient (Wildman–Crippen LogP) is 5.50. The molecule has 1 atom stereocenters. The highest BCUT2D eigenvalue weighted by Gasteiger charge is 2.22. The lowest BCUT2D eigenvalue weighted by Crippen LogP contribution is -2.35. The van der Waals surface area contributed by atoms with Crippen molar-refractivity contribution in [2.24, 2.45) is 5.92 Å². The maximum atomic E-state index is 12.7. The monoisotopic (exact) mass is 469 g/mol. The Morgan fingerprint density at radius 2 is 1.91 bits per heavy atom. The standard InChI is InChI=1S/C27H36ClN3O2/c1-19-15-22(16-20(2)26(19)27(32)30-24-11-14-33-18-24)6-4-3-5-21-9-12-31(13-10-21)25-8-7-23(28)17-29-25/h7-8,15-17,21,24H,3-6,9-14,18H2,1-2H3,(H,30,32)/t24-/m0/s1. The number of aryl methyl sites for hydroxylation is 3. The van der Waals surface area contributed by atoms with Crippen LogP contribution in [0.2, 0.25) is 5.02 Å². The normalized spacial score (nSPS) is 19.1. The van der Waals surface area contributed by atoms with Crippen LogP contribution in [-0.2, 0) is 11.2 Å². The van der Waals surface area contributed by atoms with Gasteiger partial charge in [-0.3, -0.25) is 4.79 Å². The Bertz CT molecular complexity index is 910. The van der Waals surface area contributed by atoms with Crippen LogP contribution in [0.25, 0.3) is 0 Å². The molecular formula is C27H36ClN3O2. The summed E-state index contributed by atoms with van der Waals surface area (Å²) in [5, 5.41) is 3.81. The number of anilines is 1. The lowest BCUT2D eigenvalue weighted by molar-refractivity contribution is 0.0928. The van der Waals surface area contributed by atoms with Crippen LogP contribution < -0.4 is 10.2 Å². The van der Waals surface area contributed by atoms with E-state index in [1.807, 2.05) is 12.1 Å². The number of nitrogens with zero attached hydrogens (tertiary/aromatic N) is 2. The molecule has 0 bridgehead atoms. The van der Waals surface area contributed by atoms with Crippen LogP contribution in [0.15, 0.2) is 30.5 Å². The average Bonchev–Trinajstić information content (AvgIpc) is 3.30. The maximum Gasteiger partial charge on any atom is 0.252 e. The summed E-state index contributed by atoms with van der Waals surface area (Å²) in [6.07, 6.45) is 9.93. The van der Waals surface area contributed by atoms with E-state index in [0.717, 1.165) is 61.0 Å². The second kappa shape index (κ2) is 11.3. The van der Waals surface area contributed by atoms with Gasteiger partial charge < -0.3 is 15.0 Å². The number of pyridine rings is 1. The molecule has 3 heterocycles. The molecule has 0 aliphatic carbocycles. The summed E-state index contributed by atoms with van der Waals surface area (Å²) in [6.45, 7) is 7.63. The van der Waals surface area contributed by atoms with E-state index >= 15 is 0 Å². The molecule has 1 aromatic carbocycles. The molecule has 0 spiro atoms. The van der Waals surface area contributed by atoms with Crippen molar-refractivity contribution in [3.8, 4) is 0 Å². The molecule has 2 aliphatic heterocycles. The van der Waals surface area contributed by atoms with Gasteiger partial charge in [0, 0.05) is 31.5 Å². The Hall–Kier alpha value is -2.11. The second-order valence-corrected chi connectivity index (χ2v) is 10.1. The number of piperidine rings is 1. The van der Waals surface area contributed by atoms with Crippen LogP contribution in [-0.4, -0.2) is 43.2 Å². The summed E-state index contributed by atoms with van der Waals surface area (Å²) in [4.78, 5) is 19.6. The van der Waals surface area contributed by atoms with E-state index in [1.54, 1.807) is 6.20 Å². The number of hydrogen-bond donors (Lipinski definition) is 1. The third-order valence-corrected chi connectivity index (χ3v) is 7.29. The van der Waals surface area contributed by atoms with Crippen LogP contribution in [0.5, 0.6) is 0 Å². The quantitative estimate of drug-likeness (QED) is 0.518. The molecule has 178 valence electrons. The van der Waals surface area contributed by atoms with Gasteiger partial charge >= 0.3 is 0 Å². The number of unbranched alkanes of at least 4 members (excludes halogenated alkanes) is 1. The first-order chi connectivity index (χ1) is 16.0. The molecule has 2 aliphatic rings. The summed E-state index contributed by atoms with van der Waals surface area (Å²) < 4.78 is 5.38. The molecule has 2 fully saturated rings. The number of amides is 1. The molecule has 4 rings (SSSR count). The fourth-order valence-electron chi connectivity index (χ4n) is 5.23. The highest BCUT2D eigenvalue weighted by molar-refractivity contribution is 6.30. The second-order valence-electron chi connectivity index (χ2n) is 9.65. The van der Waals surface area contributed by atoms with Gasteiger partial charge in [0.25, 0.3) is 5.91 Å². The summed E-state index contributed by atoms with van der Waals surface area (Å²) in [5.41, 5.74) is 4.32. The van der Waals surface area contributed by atoms with E-state index in [2.05, 4.69) is 41.2 Å². The maximum absolute atomic E-state index is 12.7. The number of aromatic nitrogens is 1. The van der Waals surface area contributed by atoms with Gasteiger partial charge in [-0.25, -0.2) is 4.98 Å². The van der Waals surface area contributed by atoms with Crippen molar-refractivity contribution < 1.29 is 9.53 Å². The molecule has 33 heavy (non-hydrogen) atoms. The van der Waals surface area contributed by atoms with Crippen LogP contribution in [0.1, 0.15) is 65.6 Å². The highest BCUT2D eigenvalue weighted by Crippen LogP contribution is 2.27. The SMILES string of the molecule is Cc1cc(CCCCC2CCN(c3ccc(Cl)cn3)CC2)cc(C)c1C(=O)N[C@H]1CCOC1. The Morgan fingerprint density at radius 1 is 1.15 bits per heavy atom. The van der Waals surface area contributed by atoms with E-state index < -0.39 is 0 Å². The van der Waals surface area contributed by atoms with Gasteiger partial charge in [0.1, 0.15) is 5.82 Å². The zero-order valence-electron chi connectivity index (χ0n) is 19.9. The summed E-state index contributed by atoms with van der Waals surface area (Å²) >= 11 is 5.96. The van der Waals surface area contributed by atoms with Gasteiger partial charge in [-0.05, 0) is 80.7 Å². The van der Waals surface area contributed by atoms with Gasteiger partial charge in [0.15, 0.2) is 0 Å². The van der Waals surface area contributed by atoms with Crippen molar-refractivity contribution >= 4 is 23.3 Å². The van der Waals surface area contributed by atoms with Gasteiger partial charge in [-0.2, -0.15) is 0 Å². The van der Waals surface area contributed by atoms with Gasteiger partial charge in [0.2, 0.25) is 0 Å².